The number of anilines is 1. The summed E-state index contributed by atoms with van der Waals surface area (Å²) < 4.78 is 0. The average Bonchev–Trinajstić information content (AvgIpc) is 2.51. The third-order valence-corrected chi connectivity index (χ3v) is 4.60. The first kappa shape index (κ1) is 15.2. The number of nitriles is 1. The van der Waals surface area contributed by atoms with Crippen molar-refractivity contribution in [1.82, 2.24) is 0 Å². The van der Waals surface area contributed by atoms with Crippen LogP contribution in [-0.2, 0) is 0 Å². The minimum Gasteiger partial charge on any atom is -0.508 e. The van der Waals surface area contributed by atoms with Gasteiger partial charge in [0.15, 0.2) is 0 Å². The highest BCUT2D eigenvalue weighted by Gasteiger charge is 2.44. The fourth-order valence-electron chi connectivity index (χ4n) is 3.51. The molecule has 3 rings (SSSR count). The predicted octanol–water partition coefficient (Wildman–Crippen LogP) is 1.68. The van der Waals surface area contributed by atoms with Crippen molar-refractivity contribution in [3.8, 4) is 11.8 Å². The lowest BCUT2D eigenvalue weighted by molar-refractivity contribution is 0.305. The molecule has 0 unspecified atom stereocenters. The second-order valence-electron chi connectivity index (χ2n) is 6.04. The number of rotatable bonds is 1. The molecule has 0 atom stereocenters. The molecule has 0 bridgehead atoms. The van der Waals surface area contributed by atoms with Crippen LogP contribution in [0.4, 0.5) is 5.69 Å². The molecular weight excluding hydrogens is 292 g/mol. The van der Waals surface area contributed by atoms with Crippen LogP contribution in [0.15, 0.2) is 22.1 Å². The number of aromatic hydroxyl groups is 1. The summed E-state index contributed by atoms with van der Waals surface area (Å²) >= 11 is 0. The fourth-order valence-corrected chi connectivity index (χ4v) is 3.51. The van der Waals surface area contributed by atoms with Gasteiger partial charge in [-0.25, -0.2) is 4.99 Å². The molecule has 1 aliphatic heterocycles. The highest BCUT2D eigenvalue weighted by Crippen LogP contribution is 2.43. The van der Waals surface area contributed by atoms with E-state index in [1.165, 1.54) is 6.07 Å². The summed E-state index contributed by atoms with van der Waals surface area (Å²) in [7, 11) is 0. The molecule has 0 amide bonds. The van der Waals surface area contributed by atoms with Gasteiger partial charge in [-0.05, 0) is 44.7 Å². The highest BCUT2D eigenvalue weighted by atomic mass is 16.3. The van der Waals surface area contributed by atoms with E-state index >= 15 is 0 Å². The molecule has 0 radical (unpaired) electrons. The lowest BCUT2D eigenvalue weighted by Crippen LogP contribution is -2.58. The Kier molecular flexibility index (Phi) is 3.60. The van der Waals surface area contributed by atoms with Gasteiger partial charge in [0, 0.05) is 5.56 Å². The van der Waals surface area contributed by atoms with E-state index in [0.29, 0.717) is 16.8 Å². The molecule has 1 aromatic rings. The van der Waals surface area contributed by atoms with Crippen molar-refractivity contribution >= 4 is 17.6 Å². The molecule has 7 nitrogen and oxygen atoms in total. The Morgan fingerprint density at radius 1 is 1.26 bits per heavy atom. The quantitative estimate of drug-likeness (QED) is 0.727. The number of guanidine groups is 2. The van der Waals surface area contributed by atoms with Gasteiger partial charge in [0.2, 0.25) is 11.9 Å². The second kappa shape index (κ2) is 5.47. The Hall–Kier alpha value is -2.75. The number of phenolic OH excluding ortho intramolecular Hbond substituents is 1. The molecule has 7 heteroatoms. The lowest BCUT2D eigenvalue weighted by Gasteiger charge is -2.46. The molecule has 1 fully saturated rings. The van der Waals surface area contributed by atoms with Gasteiger partial charge >= 0.3 is 0 Å². The minimum atomic E-state index is -0.627. The largest absolute Gasteiger partial charge is 0.508 e. The third-order valence-electron chi connectivity index (χ3n) is 4.60. The predicted molar refractivity (Wildman–Crippen MR) is 89.1 cm³/mol. The zero-order valence-corrected chi connectivity index (χ0v) is 13.1. The van der Waals surface area contributed by atoms with Crippen molar-refractivity contribution in [1.29, 1.82) is 5.26 Å². The molecule has 23 heavy (non-hydrogen) atoms. The zero-order chi connectivity index (χ0) is 16.6. The Morgan fingerprint density at radius 3 is 2.61 bits per heavy atom. The molecule has 5 N–H and O–H groups in total. The number of phenols is 1. The summed E-state index contributed by atoms with van der Waals surface area (Å²) in [6.45, 7) is 1.76. The van der Waals surface area contributed by atoms with E-state index in [2.05, 4.69) is 16.1 Å². The first-order valence-corrected chi connectivity index (χ1v) is 7.71. The van der Waals surface area contributed by atoms with E-state index in [9.17, 15) is 10.4 Å². The summed E-state index contributed by atoms with van der Waals surface area (Å²) in [5.41, 5.74) is 13.0. The van der Waals surface area contributed by atoms with E-state index in [1.54, 1.807) is 17.9 Å². The summed E-state index contributed by atoms with van der Waals surface area (Å²) in [5.74, 6) is 0.488. The Bertz CT molecular complexity index is 740. The minimum absolute atomic E-state index is 0.111. The van der Waals surface area contributed by atoms with Crippen LogP contribution in [0.2, 0.25) is 0 Å². The number of benzene rings is 1. The molecule has 1 aromatic carbocycles. The maximum absolute atomic E-state index is 10.1. The van der Waals surface area contributed by atoms with E-state index in [-0.39, 0.29) is 17.7 Å². The molecule has 0 aromatic heterocycles. The molecule has 0 saturated heterocycles. The number of aliphatic imine (C=N–C) groups is 2. The monoisotopic (exact) mass is 312 g/mol. The number of hydrogen-bond acceptors (Lipinski definition) is 7. The highest BCUT2D eigenvalue weighted by molar-refractivity contribution is 6.06. The van der Waals surface area contributed by atoms with E-state index < -0.39 is 5.66 Å². The topological polar surface area (TPSA) is 124 Å². The molecule has 1 spiro atoms. The van der Waals surface area contributed by atoms with Gasteiger partial charge in [0.25, 0.3) is 0 Å². The Labute approximate surface area is 134 Å². The van der Waals surface area contributed by atoms with Crippen molar-refractivity contribution < 1.29 is 5.11 Å². The summed E-state index contributed by atoms with van der Waals surface area (Å²) in [4.78, 5) is 10.5. The van der Waals surface area contributed by atoms with Crippen molar-refractivity contribution in [2.75, 3.05) is 4.90 Å². The van der Waals surface area contributed by atoms with Crippen LogP contribution in [0.25, 0.3) is 0 Å². The first-order chi connectivity index (χ1) is 11.0. The van der Waals surface area contributed by atoms with Crippen LogP contribution in [0.5, 0.6) is 5.75 Å². The summed E-state index contributed by atoms with van der Waals surface area (Å²) in [6.07, 6.45) is 4.70. The van der Waals surface area contributed by atoms with Gasteiger partial charge in [-0.1, -0.05) is 6.42 Å². The van der Waals surface area contributed by atoms with E-state index in [0.717, 1.165) is 32.1 Å². The van der Waals surface area contributed by atoms with Gasteiger partial charge < -0.3 is 16.6 Å². The normalized spacial score (nSPS) is 19.9. The van der Waals surface area contributed by atoms with Gasteiger partial charge in [-0.3, -0.25) is 4.90 Å². The maximum Gasteiger partial charge on any atom is 0.220 e. The third kappa shape index (κ3) is 2.36. The van der Waals surface area contributed by atoms with E-state index in [1.807, 2.05) is 0 Å². The van der Waals surface area contributed by atoms with Crippen molar-refractivity contribution in [2.45, 2.75) is 44.7 Å². The standard InChI is InChI=1S/C16H20N6O/c1-10-12(23)6-5-11(9-17)13(10)22-15(19)20-14(18)21-16(22)7-3-2-4-8-16/h5-6,23H,2-4,7-8H2,1H3,(H4,18,19,20,21). The molecule has 2 aliphatic rings. The maximum atomic E-state index is 10.1. The van der Waals surface area contributed by atoms with Crippen molar-refractivity contribution in [2.24, 2.45) is 21.5 Å². The smallest absolute Gasteiger partial charge is 0.220 e. The summed E-state index contributed by atoms with van der Waals surface area (Å²) in [6, 6.07) is 5.27. The number of hydrogen-bond donors (Lipinski definition) is 3. The van der Waals surface area contributed by atoms with Crippen LogP contribution >= 0.6 is 0 Å². The fraction of sp³-hybridized carbons (Fsp3) is 0.438. The van der Waals surface area contributed by atoms with Gasteiger partial charge in [0.1, 0.15) is 17.5 Å². The summed E-state index contributed by atoms with van der Waals surface area (Å²) in [5, 5.41) is 19.6. The number of nitrogens with two attached hydrogens (primary N) is 2. The Balaban J connectivity index is 2.23. The Morgan fingerprint density at radius 2 is 1.96 bits per heavy atom. The van der Waals surface area contributed by atoms with Crippen LogP contribution < -0.4 is 16.4 Å². The van der Waals surface area contributed by atoms with E-state index in [4.69, 9.17) is 11.5 Å². The lowest BCUT2D eigenvalue weighted by atomic mass is 9.86. The molecule has 1 saturated carbocycles. The average molecular weight is 312 g/mol. The van der Waals surface area contributed by atoms with Gasteiger partial charge in [-0.15, -0.1) is 0 Å². The van der Waals surface area contributed by atoms with Crippen LogP contribution in [0, 0.1) is 18.3 Å². The van der Waals surface area contributed by atoms with Crippen LogP contribution in [-0.4, -0.2) is 22.7 Å². The second-order valence-corrected chi connectivity index (χ2v) is 6.04. The number of nitrogens with zero attached hydrogens (tertiary/aromatic N) is 4. The van der Waals surface area contributed by atoms with Crippen LogP contribution in [0.1, 0.15) is 43.2 Å². The van der Waals surface area contributed by atoms with Crippen molar-refractivity contribution in [3.05, 3.63) is 23.3 Å². The van der Waals surface area contributed by atoms with Gasteiger partial charge in [0.05, 0.1) is 11.3 Å². The van der Waals surface area contributed by atoms with Gasteiger partial charge in [-0.2, -0.15) is 10.3 Å². The SMILES string of the molecule is Cc1c(O)ccc(C#N)c1N1C(N)=NC(N)=NC12CCCCC2. The van der Waals surface area contributed by atoms with Crippen LogP contribution in [0.3, 0.4) is 0 Å². The molecular formula is C16H20N6O. The van der Waals surface area contributed by atoms with Crippen molar-refractivity contribution in [3.63, 3.8) is 0 Å². The molecule has 120 valence electrons. The molecule has 1 heterocycles. The molecule has 1 aliphatic carbocycles. The zero-order valence-electron chi connectivity index (χ0n) is 13.1. The first-order valence-electron chi connectivity index (χ1n) is 7.71.